The molecule has 3 aromatic heterocycles. The fraction of sp³-hybridized carbons (Fsp3) is 0.235. The number of amides is 1. The number of nitrogens with zero attached hydrogens (tertiary/aromatic N) is 5. The summed E-state index contributed by atoms with van der Waals surface area (Å²) in [6, 6.07) is 3.68. The summed E-state index contributed by atoms with van der Waals surface area (Å²) >= 11 is 6.14. The maximum Gasteiger partial charge on any atom is 0.239 e. The van der Waals surface area contributed by atoms with Crippen LogP contribution in [-0.2, 0) is 17.8 Å². The number of hydrogen-bond donors (Lipinski definition) is 2. The Bertz CT molecular complexity index is 894. The van der Waals surface area contributed by atoms with Gasteiger partial charge in [0.05, 0.1) is 16.9 Å². The Hall–Kier alpha value is -3.00. The third-order valence-electron chi connectivity index (χ3n) is 3.65. The van der Waals surface area contributed by atoms with Gasteiger partial charge in [0, 0.05) is 48.4 Å². The summed E-state index contributed by atoms with van der Waals surface area (Å²) in [7, 11) is 0. The summed E-state index contributed by atoms with van der Waals surface area (Å²) in [6.45, 7) is 2.05. The molecule has 0 saturated carbocycles. The highest BCUT2D eigenvalue weighted by atomic mass is 35.5. The normalized spacial score (nSPS) is 11.9. The third kappa shape index (κ3) is 4.54. The maximum atomic E-state index is 10.9. The highest BCUT2D eigenvalue weighted by molar-refractivity contribution is 6.31. The Morgan fingerprint density at radius 1 is 1.27 bits per heavy atom. The third-order valence-corrected chi connectivity index (χ3v) is 3.99. The minimum atomic E-state index is -0.447. The van der Waals surface area contributed by atoms with Gasteiger partial charge in [-0.05, 0) is 19.1 Å². The molecule has 0 aromatic carbocycles. The van der Waals surface area contributed by atoms with E-state index in [1.54, 1.807) is 37.1 Å². The maximum absolute atomic E-state index is 10.9. The number of carbonyl (C=O) groups excluding carboxylic acids is 1. The first-order valence-corrected chi connectivity index (χ1v) is 8.38. The van der Waals surface area contributed by atoms with Crippen molar-refractivity contribution in [2.75, 3.05) is 5.32 Å². The Labute approximate surface area is 155 Å². The van der Waals surface area contributed by atoms with Crippen LogP contribution in [-0.4, -0.2) is 36.7 Å². The van der Waals surface area contributed by atoms with Crippen LogP contribution in [0.1, 0.15) is 12.6 Å². The quantitative estimate of drug-likeness (QED) is 0.656. The topological polar surface area (TPSA) is 112 Å². The number of aromatic nitrogens is 5. The van der Waals surface area contributed by atoms with E-state index in [0.717, 1.165) is 16.8 Å². The molecule has 3 heterocycles. The van der Waals surface area contributed by atoms with Gasteiger partial charge in [-0.25, -0.2) is 9.97 Å². The highest BCUT2D eigenvalue weighted by Crippen LogP contribution is 2.18. The molecule has 0 aliphatic carbocycles. The van der Waals surface area contributed by atoms with E-state index in [1.165, 1.54) is 4.68 Å². The SMILES string of the molecule is CC(Cc1ncccc1Cl)Nc1ncc(-c2cnn(CC(N)=O)c2)cn1. The van der Waals surface area contributed by atoms with Crippen LogP contribution in [0.15, 0.2) is 43.1 Å². The summed E-state index contributed by atoms with van der Waals surface area (Å²) in [5, 5.41) is 7.95. The van der Waals surface area contributed by atoms with Gasteiger partial charge in [-0.15, -0.1) is 0 Å². The van der Waals surface area contributed by atoms with Crippen molar-refractivity contribution in [1.82, 2.24) is 24.7 Å². The molecular weight excluding hydrogens is 354 g/mol. The number of rotatable bonds is 7. The molecule has 8 nitrogen and oxygen atoms in total. The average Bonchev–Trinajstić information content (AvgIpc) is 3.05. The minimum Gasteiger partial charge on any atom is -0.368 e. The van der Waals surface area contributed by atoms with Crippen molar-refractivity contribution in [3.63, 3.8) is 0 Å². The summed E-state index contributed by atoms with van der Waals surface area (Å²) in [4.78, 5) is 23.9. The predicted molar refractivity (Wildman–Crippen MR) is 98.5 cm³/mol. The molecule has 0 aliphatic heterocycles. The van der Waals surface area contributed by atoms with Crippen molar-refractivity contribution in [2.45, 2.75) is 25.9 Å². The molecule has 0 radical (unpaired) electrons. The van der Waals surface area contributed by atoms with Gasteiger partial charge in [-0.2, -0.15) is 5.10 Å². The van der Waals surface area contributed by atoms with E-state index in [4.69, 9.17) is 17.3 Å². The van der Waals surface area contributed by atoms with Crippen LogP contribution >= 0.6 is 11.6 Å². The number of primary amides is 1. The fourth-order valence-electron chi connectivity index (χ4n) is 2.44. The Morgan fingerprint density at radius 2 is 2.04 bits per heavy atom. The molecule has 0 spiro atoms. The molecule has 9 heteroatoms. The van der Waals surface area contributed by atoms with Gasteiger partial charge < -0.3 is 11.1 Å². The fourth-order valence-corrected chi connectivity index (χ4v) is 2.64. The Morgan fingerprint density at radius 3 is 2.73 bits per heavy atom. The van der Waals surface area contributed by atoms with Crippen LogP contribution in [0.3, 0.4) is 0 Å². The summed E-state index contributed by atoms with van der Waals surface area (Å²) in [5.41, 5.74) is 7.59. The van der Waals surface area contributed by atoms with E-state index in [9.17, 15) is 4.79 Å². The van der Waals surface area contributed by atoms with E-state index in [0.29, 0.717) is 17.4 Å². The molecule has 0 fully saturated rings. The van der Waals surface area contributed by atoms with E-state index in [1.807, 2.05) is 13.0 Å². The van der Waals surface area contributed by atoms with Gasteiger partial charge in [0.2, 0.25) is 11.9 Å². The van der Waals surface area contributed by atoms with Crippen LogP contribution in [0.4, 0.5) is 5.95 Å². The summed E-state index contributed by atoms with van der Waals surface area (Å²) in [5.74, 6) is 0.0651. The Balaban J connectivity index is 1.63. The molecule has 1 amide bonds. The number of nitrogens with one attached hydrogen (secondary N) is 1. The van der Waals surface area contributed by atoms with E-state index in [-0.39, 0.29) is 12.6 Å². The highest BCUT2D eigenvalue weighted by Gasteiger charge is 2.10. The van der Waals surface area contributed by atoms with Crippen molar-refractivity contribution in [1.29, 1.82) is 0 Å². The van der Waals surface area contributed by atoms with Crippen molar-refractivity contribution in [3.05, 3.63) is 53.8 Å². The monoisotopic (exact) mass is 371 g/mol. The lowest BCUT2D eigenvalue weighted by molar-refractivity contribution is -0.118. The van der Waals surface area contributed by atoms with Crippen LogP contribution in [0.5, 0.6) is 0 Å². The van der Waals surface area contributed by atoms with Gasteiger partial charge >= 0.3 is 0 Å². The van der Waals surface area contributed by atoms with Gasteiger partial charge in [-0.3, -0.25) is 14.5 Å². The molecule has 0 bridgehead atoms. The molecular formula is C17H18ClN7O. The van der Waals surface area contributed by atoms with Crippen LogP contribution in [0.2, 0.25) is 5.02 Å². The number of nitrogens with two attached hydrogens (primary N) is 1. The number of hydrogen-bond acceptors (Lipinski definition) is 6. The van der Waals surface area contributed by atoms with E-state index in [2.05, 4.69) is 25.4 Å². The zero-order valence-electron chi connectivity index (χ0n) is 14.1. The molecule has 1 atom stereocenters. The number of pyridine rings is 1. The van der Waals surface area contributed by atoms with Crippen LogP contribution in [0.25, 0.3) is 11.1 Å². The first-order chi connectivity index (χ1) is 12.5. The summed E-state index contributed by atoms with van der Waals surface area (Å²) < 4.78 is 1.47. The average molecular weight is 372 g/mol. The van der Waals surface area contributed by atoms with Gasteiger partial charge in [0.25, 0.3) is 0 Å². The minimum absolute atomic E-state index is 0.0358. The Kier molecular flexibility index (Phi) is 5.43. The van der Waals surface area contributed by atoms with Crippen molar-refractivity contribution in [3.8, 4) is 11.1 Å². The lowest BCUT2D eigenvalue weighted by Gasteiger charge is -2.14. The van der Waals surface area contributed by atoms with Gasteiger partial charge in [0.15, 0.2) is 0 Å². The van der Waals surface area contributed by atoms with Crippen LogP contribution in [0, 0.1) is 0 Å². The largest absolute Gasteiger partial charge is 0.368 e. The molecule has 1 unspecified atom stereocenters. The zero-order valence-corrected chi connectivity index (χ0v) is 14.9. The number of anilines is 1. The van der Waals surface area contributed by atoms with Crippen molar-refractivity contribution >= 4 is 23.5 Å². The predicted octanol–water partition coefficient (Wildman–Crippen LogP) is 1.92. The first kappa shape index (κ1) is 17.8. The molecule has 3 aromatic rings. The molecule has 0 aliphatic rings. The molecule has 0 saturated heterocycles. The second-order valence-corrected chi connectivity index (χ2v) is 6.28. The van der Waals surface area contributed by atoms with Gasteiger partial charge in [-0.1, -0.05) is 11.6 Å². The lowest BCUT2D eigenvalue weighted by atomic mass is 10.1. The molecule has 3 rings (SSSR count). The summed E-state index contributed by atoms with van der Waals surface area (Å²) in [6.07, 6.45) is 9.13. The second kappa shape index (κ2) is 7.92. The van der Waals surface area contributed by atoms with E-state index < -0.39 is 5.91 Å². The smallest absolute Gasteiger partial charge is 0.239 e. The van der Waals surface area contributed by atoms with Crippen molar-refractivity contribution < 1.29 is 4.79 Å². The second-order valence-electron chi connectivity index (χ2n) is 5.87. The van der Waals surface area contributed by atoms with Crippen LogP contribution < -0.4 is 11.1 Å². The molecule has 3 N–H and O–H groups in total. The van der Waals surface area contributed by atoms with Gasteiger partial charge in [0.1, 0.15) is 6.54 Å². The van der Waals surface area contributed by atoms with Crippen molar-refractivity contribution in [2.24, 2.45) is 5.73 Å². The molecule has 134 valence electrons. The number of halogens is 1. The zero-order chi connectivity index (χ0) is 18.5. The molecule has 26 heavy (non-hydrogen) atoms. The van der Waals surface area contributed by atoms with E-state index >= 15 is 0 Å². The standard InChI is InChI=1S/C17H18ClN7O/c1-11(5-15-14(18)3-2-4-20-15)24-17-21-6-12(7-22-17)13-8-23-25(9-13)10-16(19)26/h2-4,6-9,11H,5,10H2,1H3,(H2,19,26)(H,21,22,24). The number of carbonyl (C=O) groups is 1. The lowest BCUT2D eigenvalue weighted by Crippen LogP contribution is -2.20. The first-order valence-electron chi connectivity index (χ1n) is 8.00.